The minimum Gasteiger partial charge on any atom is -0.507 e. The van der Waals surface area contributed by atoms with Crippen LogP contribution in [0.3, 0.4) is 0 Å². The molecule has 0 aliphatic carbocycles. The second kappa shape index (κ2) is 22.6. The van der Waals surface area contributed by atoms with Gasteiger partial charge in [-0.25, -0.2) is 0 Å². The van der Waals surface area contributed by atoms with Gasteiger partial charge < -0.3 is 21.2 Å². The van der Waals surface area contributed by atoms with Crippen LogP contribution < -0.4 is 0 Å². The molecule has 0 radical (unpaired) electrons. The number of hydrogen-bond donors (Lipinski definition) is 2. The van der Waals surface area contributed by atoms with Crippen molar-refractivity contribution in [1.82, 2.24) is 0 Å². The summed E-state index contributed by atoms with van der Waals surface area (Å²) in [6.45, 7) is 34.4. The van der Waals surface area contributed by atoms with E-state index >= 15 is 0 Å². The number of phenols is 2. The quantitative estimate of drug-likeness (QED) is 0.135. The molecule has 6 nitrogen and oxygen atoms in total. The third-order valence-corrected chi connectivity index (χ3v) is 9.53. The summed E-state index contributed by atoms with van der Waals surface area (Å²) in [7, 11) is 0. The number of para-hydroxylation sites is 2. The topological polar surface area (TPSA) is 128 Å². The summed E-state index contributed by atoms with van der Waals surface area (Å²) < 4.78 is 0. The zero-order valence-electron chi connectivity index (χ0n) is 36.7. The molecule has 0 saturated heterocycles. The summed E-state index contributed by atoms with van der Waals surface area (Å²) >= 11 is 0. The Balaban J connectivity index is 0. The van der Waals surface area contributed by atoms with Gasteiger partial charge in [-0.2, -0.15) is 0 Å². The molecule has 4 aromatic carbocycles. The Morgan fingerprint density at radius 2 is 0.732 bits per heavy atom. The van der Waals surface area contributed by atoms with Crippen LogP contribution in [0.2, 0.25) is 0 Å². The van der Waals surface area contributed by atoms with Gasteiger partial charge in [0, 0.05) is 67.7 Å². The van der Waals surface area contributed by atoms with Gasteiger partial charge in [-0.3, -0.25) is 9.98 Å². The van der Waals surface area contributed by atoms with Gasteiger partial charge in [0.15, 0.2) is 0 Å². The SMILES string of the molecule is Cc1cc(C=Nc2c(C(C)C)cccc2C(C)C)c(O)c(C(C)(C)C)c1.Cc1cc(C=Nc2c(C(C)C)cccc2C(C)C)c(O)c(C(C)(C)C)c1.O.O.[Ni].[Ni]. The fourth-order valence-electron chi connectivity index (χ4n) is 6.54. The van der Waals surface area contributed by atoms with E-state index in [1.165, 1.54) is 22.3 Å². The molecule has 4 rings (SSSR count). The van der Waals surface area contributed by atoms with Gasteiger partial charge in [0.2, 0.25) is 0 Å². The Kier molecular flexibility index (Phi) is 22.1. The maximum Gasteiger partial charge on any atom is 0.128 e. The molecule has 0 spiro atoms. The zero-order chi connectivity index (χ0) is 39.3. The molecule has 0 aliphatic rings. The predicted octanol–water partition coefficient (Wildman–Crippen LogP) is 12.3. The van der Waals surface area contributed by atoms with Gasteiger partial charge in [-0.15, -0.1) is 0 Å². The average Bonchev–Trinajstić information content (AvgIpc) is 3.03. The number of benzene rings is 4. The Morgan fingerprint density at radius 1 is 0.482 bits per heavy atom. The van der Waals surface area contributed by atoms with Gasteiger partial charge in [-0.1, -0.05) is 145 Å². The maximum absolute atomic E-state index is 10.8. The van der Waals surface area contributed by atoms with Gasteiger partial charge in [0.25, 0.3) is 0 Å². The van der Waals surface area contributed by atoms with E-state index in [9.17, 15) is 10.2 Å². The number of aromatic hydroxyl groups is 2. The van der Waals surface area contributed by atoms with Crippen LogP contribution in [0, 0.1) is 13.8 Å². The Labute approximate surface area is 359 Å². The minimum atomic E-state index is -0.113. The zero-order valence-corrected chi connectivity index (χ0v) is 38.6. The number of phenolic OH excluding ortho intramolecular Hbond substituents is 2. The summed E-state index contributed by atoms with van der Waals surface area (Å²) in [5, 5.41) is 21.6. The van der Waals surface area contributed by atoms with Crippen molar-refractivity contribution >= 4 is 23.8 Å². The van der Waals surface area contributed by atoms with Crippen LogP contribution in [0.1, 0.15) is 176 Å². The summed E-state index contributed by atoms with van der Waals surface area (Å²) in [4.78, 5) is 9.72. The van der Waals surface area contributed by atoms with Crippen molar-refractivity contribution in [2.24, 2.45) is 9.98 Å². The van der Waals surface area contributed by atoms with Crippen molar-refractivity contribution in [3.05, 3.63) is 116 Å². The van der Waals surface area contributed by atoms with Crippen LogP contribution in [-0.2, 0) is 43.8 Å². The van der Waals surface area contributed by atoms with Crippen molar-refractivity contribution in [2.45, 2.75) is 145 Å². The van der Waals surface area contributed by atoms with Crippen LogP contribution in [0.4, 0.5) is 11.4 Å². The molecule has 0 amide bonds. The summed E-state index contributed by atoms with van der Waals surface area (Å²) in [6, 6.07) is 21.0. The van der Waals surface area contributed by atoms with Crippen LogP contribution in [0.25, 0.3) is 0 Å². The molecule has 56 heavy (non-hydrogen) atoms. The Hall–Kier alpha value is -3.27. The number of aliphatic imine (C=N–C) groups is 2. The number of nitrogens with zero attached hydrogens (tertiary/aromatic N) is 2. The van der Waals surface area contributed by atoms with Crippen LogP contribution >= 0.6 is 0 Å². The molecule has 0 aromatic heterocycles. The van der Waals surface area contributed by atoms with Crippen molar-refractivity contribution in [2.75, 3.05) is 0 Å². The van der Waals surface area contributed by atoms with E-state index in [0.29, 0.717) is 35.2 Å². The van der Waals surface area contributed by atoms with E-state index in [1.54, 1.807) is 0 Å². The van der Waals surface area contributed by atoms with Gasteiger partial charge in [-0.05, 0) is 93.9 Å². The maximum atomic E-state index is 10.8. The molecule has 0 unspecified atom stereocenters. The van der Waals surface area contributed by atoms with E-state index in [1.807, 2.05) is 24.6 Å². The number of aryl methyl sites for hydroxylation is 2. The Bertz CT molecular complexity index is 1720. The number of rotatable bonds is 8. The molecule has 4 aromatic rings. The van der Waals surface area contributed by atoms with Crippen molar-refractivity contribution in [1.29, 1.82) is 0 Å². The van der Waals surface area contributed by atoms with Crippen LogP contribution in [-0.4, -0.2) is 33.6 Å². The molecule has 316 valence electrons. The first-order valence-electron chi connectivity index (χ1n) is 19.1. The predicted molar refractivity (Wildman–Crippen MR) is 234 cm³/mol. The van der Waals surface area contributed by atoms with Gasteiger partial charge in [0.1, 0.15) is 11.5 Å². The fraction of sp³-hybridized carbons (Fsp3) is 0.458. The minimum absolute atomic E-state index is 0. The molecular weight excluding hydrogens is 786 g/mol. The second-order valence-corrected chi connectivity index (χ2v) is 17.7. The van der Waals surface area contributed by atoms with E-state index in [0.717, 1.165) is 44.8 Å². The molecule has 8 heteroatoms. The summed E-state index contributed by atoms with van der Waals surface area (Å²) in [5.74, 6) is 2.27. The van der Waals surface area contributed by atoms with Crippen LogP contribution in [0.5, 0.6) is 11.5 Å². The first kappa shape index (κ1) is 54.8. The normalized spacial score (nSPS) is 11.6. The average molecular weight is 856 g/mol. The molecule has 0 heterocycles. The van der Waals surface area contributed by atoms with Crippen molar-refractivity contribution in [3.8, 4) is 11.5 Å². The monoisotopic (exact) mass is 854 g/mol. The van der Waals surface area contributed by atoms with Crippen LogP contribution in [0.15, 0.2) is 70.6 Å². The van der Waals surface area contributed by atoms with Gasteiger partial charge >= 0.3 is 0 Å². The first-order valence-corrected chi connectivity index (χ1v) is 19.1. The molecular formula is C48H70N2Ni2O4. The number of hydrogen-bond acceptors (Lipinski definition) is 4. The largest absolute Gasteiger partial charge is 0.507 e. The van der Waals surface area contributed by atoms with Crippen molar-refractivity contribution in [3.63, 3.8) is 0 Å². The first-order chi connectivity index (χ1) is 24.0. The standard InChI is InChI=1S/2C24H33NO.2Ni.2H2O/c2*1-15(2)19-10-9-11-20(16(3)4)22(19)25-14-18-12-17(5)13-21(23(18)26)24(6,7)8;;;;/h2*9-16,26H,1-8H3;;;2*1H2. The molecule has 0 saturated carbocycles. The van der Waals surface area contributed by atoms with E-state index in [2.05, 4.69) is 159 Å². The molecule has 0 bridgehead atoms. The second-order valence-electron chi connectivity index (χ2n) is 17.7. The third kappa shape index (κ3) is 14.0. The summed E-state index contributed by atoms with van der Waals surface area (Å²) in [6.07, 6.45) is 3.65. The van der Waals surface area contributed by atoms with E-state index in [4.69, 9.17) is 9.98 Å². The van der Waals surface area contributed by atoms with Gasteiger partial charge in [0.05, 0.1) is 11.4 Å². The smallest absolute Gasteiger partial charge is 0.128 e. The van der Waals surface area contributed by atoms with Crippen molar-refractivity contribution < 1.29 is 54.1 Å². The molecule has 0 atom stereocenters. The molecule has 0 fully saturated rings. The van der Waals surface area contributed by atoms with E-state index in [-0.39, 0.29) is 54.8 Å². The third-order valence-electron chi connectivity index (χ3n) is 9.53. The fourth-order valence-corrected chi connectivity index (χ4v) is 6.54. The van der Waals surface area contributed by atoms with E-state index < -0.39 is 0 Å². The summed E-state index contributed by atoms with van der Waals surface area (Å²) in [5.41, 5.74) is 12.6. The molecule has 0 aliphatic heterocycles. The Morgan fingerprint density at radius 3 is 0.946 bits per heavy atom. The molecule has 6 N–H and O–H groups in total.